The van der Waals surface area contributed by atoms with Crippen molar-refractivity contribution in [1.29, 1.82) is 0 Å². The minimum absolute atomic E-state index is 0.197. The van der Waals surface area contributed by atoms with Crippen LogP contribution < -0.4 is 4.90 Å². The minimum Gasteiger partial charge on any atom is -0.381 e. The van der Waals surface area contributed by atoms with E-state index in [0.29, 0.717) is 12.5 Å². The number of rotatable bonds is 5. The number of amides is 1. The van der Waals surface area contributed by atoms with E-state index in [-0.39, 0.29) is 5.91 Å². The normalized spacial score (nSPS) is 21.3. The molecule has 0 aliphatic carbocycles. The summed E-state index contributed by atoms with van der Waals surface area (Å²) in [4.78, 5) is 17.1. The van der Waals surface area contributed by atoms with Gasteiger partial charge in [-0.05, 0) is 36.9 Å². The number of ether oxygens (including phenoxy) is 1. The SMILES string of the molecule is O=C1CN(CC[C@H]2CCOC2)CCN1c1ccccc1-c1ccccc1. The summed E-state index contributed by atoms with van der Waals surface area (Å²) in [6.07, 6.45) is 2.30. The largest absolute Gasteiger partial charge is 0.381 e. The molecule has 136 valence electrons. The van der Waals surface area contributed by atoms with Crippen molar-refractivity contribution in [1.82, 2.24) is 4.90 Å². The summed E-state index contributed by atoms with van der Waals surface area (Å²) in [7, 11) is 0. The van der Waals surface area contributed by atoms with E-state index in [0.717, 1.165) is 56.1 Å². The van der Waals surface area contributed by atoms with Crippen LogP contribution in [-0.2, 0) is 9.53 Å². The lowest BCUT2D eigenvalue weighted by Gasteiger charge is -2.35. The van der Waals surface area contributed by atoms with Gasteiger partial charge in [0.15, 0.2) is 0 Å². The Morgan fingerprint density at radius 2 is 1.81 bits per heavy atom. The van der Waals surface area contributed by atoms with Crippen LogP contribution in [0, 0.1) is 5.92 Å². The molecule has 2 aliphatic heterocycles. The van der Waals surface area contributed by atoms with Gasteiger partial charge < -0.3 is 9.64 Å². The fourth-order valence-electron chi connectivity index (χ4n) is 3.91. The van der Waals surface area contributed by atoms with Gasteiger partial charge >= 0.3 is 0 Å². The molecule has 2 heterocycles. The second-order valence-electron chi connectivity index (χ2n) is 7.22. The first-order valence-electron chi connectivity index (χ1n) is 9.56. The zero-order valence-corrected chi connectivity index (χ0v) is 15.1. The van der Waals surface area contributed by atoms with Crippen LogP contribution in [0.4, 0.5) is 5.69 Å². The molecule has 2 aromatic carbocycles. The molecular weight excluding hydrogens is 324 g/mol. The van der Waals surface area contributed by atoms with Gasteiger partial charge in [-0.15, -0.1) is 0 Å². The Bertz CT molecular complexity index is 741. The molecule has 0 spiro atoms. The monoisotopic (exact) mass is 350 g/mol. The standard InChI is InChI=1S/C22H26N2O2/c25-22-16-23(12-10-18-11-15-26-17-18)13-14-24(22)21-9-5-4-8-20(21)19-6-2-1-3-7-19/h1-9,18H,10-17H2/t18-/m0/s1. The number of para-hydroxylation sites is 1. The molecule has 0 bridgehead atoms. The number of benzene rings is 2. The summed E-state index contributed by atoms with van der Waals surface area (Å²) in [5.74, 6) is 0.865. The Labute approximate surface area is 155 Å². The molecule has 4 heteroatoms. The Morgan fingerprint density at radius 1 is 1.00 bits per heavy atom. The van der Waals surface area contributed by atoms with E-state index in [1.54, 1.807) is 0 Å². The van der Waals surface area contributed by atoms with Crippen molar-refractivity contribution in [2.75, 3.05) is 44.3 Å². The first kappa shape index (κ1) is 17.3. The van der Waals surface area contributed by atoms with Crippen LogP contribution in [0.15, 0.2) is 54.6 Å². The number of hydrogen-bond acceptors (Lipinski definition) is 3. The lowest BCUT2D eigenvalue weighted by molar-refractivity contribution is -0.121. The summed E-state index contributed by atoms with van der Waals surface area (Å²) >= 11 is 0. The minimum atomic E-state index is 0.197. The topological polar surface area (TPSA) is 32.8 Å². The Balaban J connectivity index is 1.44. The van der Waals surface area contributed by atoms with Gasteiger partial charge in [-0.1, -0.05) is 48.5 Å². The summed E-state index contributed by atoms with van der Waals surface area (Å²) in [6, 6.07) is 18.5. The molecule has 0 radical (unpaired) electrons. The highest BCUT2D eigenvalue weighted by atomic mass is 16.5. The summed E-state index contributed by atoms with van der Waals surface area (Å²) < 4.78 is 5.45. The predicted molar refractivity (Wildman–Crippen MR) is 104 cm³/mol. The van der Waals surface area contributed by atoms with Gasteiger partial charge in [-0.25, -0.2) is 0 Å². The smallest absolute Gasteiger partial charge is 0.241 e. The Morgan fingerprint density at radius 3 is 2.58 bits per heavy atom. The van der Waals surface area contributed by atoms with Crippen molar-refractivity contribution in [3.05, 3.63) is 54.6 Å². The lowest BCUT2D eigenvalue weighted by atomic mass is 10.0. The molecule has 0 unspecified atom stereocenters. The van der Waals surface area contributed by atoms with Crippen LogP contribution in [0.3, 0.4) is 0 Å². The number of anilines is 1. The molecule has 0 aromatic heterocycles. The van der Waals surface area contributed by atoms with Crippen molar-refractivity contribution in [3.8, 4) is 11.1 Å². The molecule has 4 nitrogen and oxygen atoms in total. The van der Waals surface area contributed by atoms with Crippen molar-refractivity contribution in [2.45, 2.75) is 12.8 Å². The van der Waals surface area contributed by atoms with Gasteiger partial charge in [-0.3, -0.25) is 9.69 Å². The highest BCUT2D eigenvalue weighted by Gasteiger charge is 2.27. The van der Waals surface area contributed by atoms with Gasteiger partial charge in [0.25, 0.3) is 0 Å². The van der Waals surface area contributed by atoms with E-state index in [4.69, 9.17) is 4.74 Å². The average Bonchev–Trinajstić information content (AvgIpc) is 3.21. The van der Waals surface area contributed by atoms with Crippen LogP contribution in [-0.4, -0.2) is 50.2 Å². The molecule has 2 aromatic rings. The van der Waals surface area contributed by atoms with Crippen LogP contribution in [0.1, 0.15) is 12.8 Å². The van der Waals surface area contributed by atoms with Crippen molar-refractivity contribution < 1.29 is 9.53 Å². The third-order valence-electron chi connectivity index (χ3n) is 5.46. The average molecular weight is 350 g/mol. The van der Waals surface area contributed by atoms with Gasteiger partial charge in [0.05, 0.1) is 12.2 Å². The molecular formula is C22H26N2O2. The van der Waals surface area contributed by atoms with Crippen molar-refractivity contribution >= 4 is 11.6 Å². The summed E-state index contributed by atoms with van der Waals surface area (Å²) in [5.41, 5.74) is 3.30. The zero-order chi connectivity index (χ0) is 17.8. The van der Waals surface area contributed by atoms with E-state index >= 15 is 0 Å². The molecule has 26 heavy (non-hydrogen) atoms. The second-order valence-corrected chi connectivity index (χ2v) is 7.22. The lowest BCUT2D eigenvalue weighted by Crippen LogP contribution is -2.51. The van der Waals surface area contributed by atoms with E-state index in [1.165, 1.54) is 6.42 Å². The number of carbonyl (C=O) groups excluding carboxylic acids is 1. The molecule has 2 saturated heterocycles. The third kappa shape index (κ3) is 3.81. The van der Waals surface area contributed by atoms with E-state index in [2.05, 4.69) is 29.2 Å². The summed E-state index contributed by atoms with van der Waals surface area (Å²) in [6.45, 7) is 4.98. The number of nitrogens with zero attached hydrogens (tertiary/aromatic N) is 2. The van der Waals surface area contributed by atoms with Crippen LogP contribution in [0.5, 0.6) is 0 Å². The van der Waals surface area contributed by atoms with Gasteiger partial charge in [0.1, 0.15) is 0 Å². The predicted octanol–water partition coefficient (Wildman–Crippen LogP) is 3.43. The summed E-state index contributed by atoms with van der Waals surface area (Å²) in [5, 5.41) is 0. The highest BCUT2D eigenvalue weighted by molar-refractivity contribution is 5.99. The first-order valence-corrected chi connectivity index (χ1v) is 9.56. The third-order valence-corrected chi connectivity index (χ3v) is 5.46. The Kier molecular flexibility index (Phi) is 5.32. The molecule has 0 N–H and O–H groups in total. The van der Waals surface area contributed by atoms with E-state index in [9.17, 15) is 4.79 Å². The van der Waals surface area contributed by atoms with Crippen molar-refractivity contribution in [3.63, 3.8) is 0 Å². The fraction of sp³-hybridized carbons (Fsp3) is 0.409. The van der Waals surface area contributed by atoms with E-state index < -0.39 is 0 Å². The molecule has 0 saturated carbocycles. The fourth-order valence-corrected chi connectivity index (χ4v) is 3.91. The number of hydrogen-bond donors (Lipinski definition) is 0. The van der Waals surface area contributed by atoms with Crippen LogP contribution in [0.25, 0.3) is 11.1 Å². The number of carbonyl (C=O) groups is 1. The van der Waals surface area contributed by atoms with E-state index in [1.807, 2.05) is 35.2 Å². The maximum absolute atomic E-state index is 12.8. The molecule has 2 aliphatic rings. The van der Waals surface area contributed by atoms with Crippen molar-refractivity contribution in [2.24, 2.45) is 5.92 Å². The van der Waals surface area contributed by atoms with Crippen LogP contribution in [0.2, 0.25) is 0 Å². The van der Waals surface area contributed by atoms with Gasteiger partial charge in [0, 0.05) is 31.9 Å². The van der Waals surface area contributed by atoms with Gasteiger partial charge in [0.2, 0.25) is 5.91 Å². The number of piperazine rings is 1. The molecule has 1 amide bonds. The first-order chi connectivity index (χ1) is 12.8. The second kappa shape index (κ2) is 8.02. The molecule has 2 fully saturated rings. The van der Waals surface area contributed by atoms with Gasteiger partial charge in [-0.2, -0.15) is 0 Å². The maximum Gasteiger partial charge on any atom is 0.241 e. The Hall–Kier alpha value is -2.17. The quantitative estimate of drug-likeness (QED) is 0.828. The molecule has 4 rings (SSSR count). The zero-order valence-electron chi connectivity index (χ0n) is 15.1. The maximum atomic E-state index is 12.8. The van der Waals surface area contributed by atoms with Crippen LogP contribution >= 0.6 is 0 Å². The highest BCUT2D eigenvalue weighted by Crippen LogP contribution is 2.31. The molecule has 1 atom stereocenters.